The molecule has 0 N–H and O–H groups in total. The largest absolute Gasteiger partial charge is 0.497 e. The Morgan fingerprint density at radius 2 is 2.00 bits per heavy atom. The van der Waals surface area contributed by atoms with Gasteiger partial charge in [-0.15, -0.1) is 0 Å². The van der Waals surface area contributed by atoms with Crippen molar-refractivity contribution in [2.45, 2.75) is 6.54 Å². The Kier molecular flexibility index (Phi) is 3.71. The van der Waals surface area contributed by atoms with Crippen molar-refractivity contribution >= 4 is 11.5 Å². The predicted octanol–water partition coefficient (Wildman–Crippen LogP) is 2.28. The summed E-state index contributed by atoms with van der Waals surface area (Å²) in [5, 5.41) is 0. The fourth-order valence-corrected chi connectivity index (χ4v) is 3.07. The van der Waals surface area contributed by atoms with E-state index in [-0.39, 0.29) is 0 Å². The molecule has 23 heavy (non-hydrogen) atoms. The number of hydrogen-bond donors (Lipinski definition) is 0. The van der Waals surface area contributed by atoms with Gasteiger partial charge in [0.05, 0.1) is 32.6 Å². The Balaban J connectivity index is 1.67. The van der Waals surface area contributed by atoms with Crippen LogP contribution in [0.15, 0.2) is 41.5 Å². The molecule has 4 rings (SSSR count). The molecule has 2 aliphatic rings. The van der Waals surface area contributed by atoms with Gasteiger partial charge in [0, 0.05) is 30.4 Å². The van der Waals surface area contributed by atoms with Crippen LogP contribution in [-0.2, 0) is 11.3 Å². The number of methoxy groups -OCH3 is 1. The molecular formula is C18H19N3O2. The highest BCUT2D eigenvalue weighted by atomic mass is 16.5. The Morgan fingerprint density at radius 1 is 1.13 bits per heavy atom. The summed E-state index contributed by atoms with van der Waals surface area (Å²) in [6.45, 7) is 4.00. The topological polar surface area (TPSA) is 47.0 Å². The van der Waals surface area contributed by atoms with Crippen LogP contribution in [0.1, 0.15) is 16.7 Å². The normalized spacial score (nSPS) is 16.9. The molecule has 1 saturated heterocycles. The van der Waals surface area contributed by atoms with E-state index >= 15 is 0 Å². The zero-order valence-corrected chi connectivity index (χ0v) is 13.2. The minimum atomic E-state index is 0.726. The Bertz CT molecular complexity index is 752. The Labute approximate surface area is 135 Å². The fraction of sp³-hybridized carbons (Fsp3) is 0.333. The average Bonchev–Trinajstić information content (AvgIpc) is 3.05. The smallest absolute Gasteiger partial charge is 0.129 e. The lowest BCUT2D eigenvalue weighted by Crippen LogP contribution is -2.36. The SMILES string of the molecule is COc1ccc2c(c1)C(c1ccnc(N3CCOCC3)c1)=NC2. The van der Waals surface area contributed by atoms with Gasteiger partial charge in [0.1, 0.15) is 11.6 Å². The van der Waals surface area contributed by atoms with Gasteiger partial charge in [0.25, 0.3) is 0 Å². The number of fused-ring (bicyclic) bond motifs is 1. The summed E-state index contributed by atoms with van der Waals surface area (Å²) >= 11 is 0. The van der Waals surface area contributed by atoms with Crippen molar-refractivity contribution in [1.82, 2.24) is 4.98 Å². The zero-order valence-electron chi connectivity index (χ0n) is 13.2. The van der Waals surface area contributed by atoms with Crippen LogP contribution >= 0.6 is 0 Å². The molecule has 0 bridgehead atoms. The van der Waals surface area contributed by atoms with Crippen molar-refractivity contribution < 1.29 is 9.47 Å². The molecule has 0 aliphatic carbocycles. The highest BCUT2D eigenvalue weighted by Gasteiger charge is 2.20. The quantitative estimate of drug-likeness (QED) is 0.873. The summed E-state index contributed by atoms with van der Waals surface area (Å²) in [4.78, 5) is 11.5. The second-order valence-corrected chi connectivity index (χ2v) is 5.69. The van der Waals surface area contributed by atoms with E-state index in [4.69, 9.17) is 14.5 Å². The van der Waals surface area contributed by atoms with Crippen LogP contribution in [0.25, 0.3) is 0 Å². The second-order valence-electron chi connectivity index (χ2n) is 5.69. The first-order chi connectivity index (χ1) is 11.3. The van der Waals surface area contributed by atoms with Crippen molar-refractivity contribution in [3.05, 3.63) is 53.2 Å². The number of morpholine rings is 1. The average molecular weight is 309 g/mol. The molecule has 0 spiro atoms. The molecule has 2 aliphatic heterocycles. The van der Waals surface area contributed by atoms with Crippen LogP contribution < -0.4 is 9.64 Å². The lowest BCUT2D eigenvalue weighted by molar-refractivity contribution is 0.122. The van der Waals surface area contributed by atoms with Crippen LogP contribution in [0.5, 0.6) is 5.75 Å². The number of benzene rings is 1. The van der Waals surface area contributed by atoms with Gasteiger partial charge >= 0.3 is 0 Å². The standard InChI is InChI=1S/C18H19N3O2/c1-22-15-3-2-14-12-20-18(16(14)11-15)13-4-5-19-17(10-13)21-6-8-23-9-7-21/h2-5,10-11H,6-9,12H2,1H3. The lowest BCUT2D eigenvalue weighted by atomic mass is 10.0. The van der Waals surface area contributed by atoms with Gasteiger partial charge in [-0.3, -0.25) is 4.99 Å². The monoisotopic (exact) mass is 309 g/mol. The van der Waals surface area contributed by atoms with Gasteiger partial charge in [0.15, 0.2) is 0 Å². The minimum absolute atomic E-state index is 0.726. The van der Waals surface area contributed by atoms with Gasteiger partial charge < -0.3 is 14.4 Å². The molecule has 0 atom stereocenters. The number of anilines is 1. The molecule has 0 radical (unpaired) electrons. The number of aromatic nitrogens is 1. The Morgan fingerprint density at radius 3 is 2.83 bits per heavy atom. The third-order valence-electron chi connectivity index (χ3n) is 4.33. The highest BCUT2D eigenvalue weighted by molar-refractivity contribution is 6.15. The molecule has 0 amide bonds. The van der Waals surface area contributed by atoms with Crippen molar-refractivity contribution in [1.29, 1.82) is 0 Å². The second kappa shape index (κ2) is 6.01. The van der Waals surface area contributed by atoms with Gasteiger partial charge in [-0.25, -0.2) is 4.98 Å². The molecule has 3 heterocycles. The van der Waals surface area contributed by atoms with Crippen molar-refractivity contribution in [2.75, 3.05) is 38.3 Å². The molecule has 1 aromatic heterocycles. The molecule has 0 unspecified atom stereocenters. The molecule has 5 heteroatoms. The first-order valence-corrected chi connectivity index (χ1v) is 7.86. The first-order valence-electron chi connectivity index (χ1n) is 7.86. The summed E-state index contributed by atoms with van der Waals surface area (Å²) in [5.74, 6) is 1.85. The van der Waals surface area contributed by atoms with Crippen LogP contribution in [0, 0.1) is 0 Å². The summed E-state index contributed by atoms with van der Waals surface area (Å²) in [5.41, 5.74) is 4.53. The number of aliphatic imine (C=N–C) groups is 1. The van der Waals surface area contributed by atoms with Gasteiger partial charge in [-0.1, -0.05) is 6.07 Å². The van der Waals surface area contributed by atoms with Crippen LogP contribution in [0.4, 0.5) is 5.82 Å². The third-order valence-corrected chi connectivity index (χ3v) is 4.33. The van der Waals surface area contributed by atoms with Crippen molar-refractivity contribution in [3.63, 3.8) is 0 Å². The maximum atomic E-state index is 5.42. The van der Waals surface area contributed by atoms with E-state index in [1.165, 1.54) is 5.56 Å². The van der Waals surface area contributed by atoms with Crippen molar-refractivity contribution in [3.8, 4) is 5.75 Å². The fourth-order valence-electron chi connectivity index (χ4n) is 3.07. The summed E-state index contributed by atoms with van der Waals surface area (Å²) < 4.78 is 10.8. The number of hydrogen-bond acceptors (Lipinski definition) is 5. The van der Waals surface area contributed by atoms with Crippen LogP contribution in [-0.4, -0.2) is 44.1 Å². The maximum Gasteiger partial charge on any atom is 0.129 e. The summed E-state index contributed by atoms with van der Waals surface area (Å²) in [7, 11) is 1.69. The zero-order chi connectivity index (χ0) is 15.6. The molecule has 118 valence electrons. The summed E-state index contributed by atoms with van der Waals surface area (Å²) in [6, 6.07) is 10.3. The highest BCUT2D eigenvalue weighted by Crippen LogP contribution is 2.28. The van der Waals surface area contributed by atoms with Gasteiger partial charge in [-0.05, 0) is 29.8 Å². The molecular weight excluding hydrogens is 290 g/mol. The van der Waals surface area contributed by atoms with E-state index in [2.05, 4.69) is 28.1 Å². The van der Waals surface area contributed by atoms with Gasteiger partial charge in [0.2, 0.25) is 0 Å². The van der Waals surface area contributed by atoms with Crippen LogP contribution in [0.3, 0.4) is 0 Å². The molecule has 5 nitrogen and oxygen atoms in total. The maximum absolute atomic E-state index is 5.42. The number of ether oxygens (including phenoxy) is 2. The number of nitrogens with zero attached hydrogens (tertiary/aromatic N) is 3. The van der Waals surface area contributed by atoms with E-state index in [1.807, 2.05) is 18.3 Å². The molecule has 1 fully saturated rings. The van der Waals surface area contributed by atoms with Gasteiger partial charge in [-0.2, -0.15) is 0 Å². The van der Waals surface area contributed by atoms with E-state index < -0.39 is 0 Å². The Hall–Kier alpha value is -2.40. The van der Waals surface area contributed by atoms with E-state index in [0.29, 0.717) is 0 Å². The van der Waals surface area contributed by atoms with E-state index in [0.717, 1.165) is 61.3 Å². The van der Waals surface area contributed by atoms with Crippen LogP contribution in [0.2, 0.25) is 0 Å². The minimum Gasteiger partial charge on any atom is -0.497 e. The molecule has 1 aromatic carbocycles. The van der Waals surface area contributed by atoms with Crippen molar-refractivity contribution in [2.24, 2.45) is 4.99 Å². The summed E-state index contributed by atoms with van der Waals surface area (Å²) in [6.07, 6.45) is 1.86. The molecule has 0 saturated carbocycles. The first kappa shape index (κ1) is 14.2. The predicted molar refractivity (Wildman–Crippen MR) is 89.6 cm³/mol. The third kappa shape index (κ3) is 2.68. The van der Waals surface area contributed by atoms with E-state index in [1.54, 1.807) is 7.11 Å². The number of pyridine rings is 1. The lowest BCUT2D eigenvalue weighted by Gasteiger charge is -2.28. The number of rotatable bonds is 3. The molecule has 2 aromatic rings. The van der Waals surface area contributed by atoms with E-state index in [9.17, 15) is 0 Å².